The Morgan fingerprint density at radius 2 is 1.79 bits per heavy atom. The third kappa shape index (κ3) is 3.45. The van der Waals surface area contributed by atoms with E-state index in [9.17, 15) is 5.11 Å². The van der Waals surface area contributed by atoms with Crippen molar-refractivity contribution < 1.29 is 5.11 Å². The van der Waals surface area contributed by atoms with Crippen molar-refractivity contribution in [2.24, 2.45) is 0 Å². The van der Waals surface area contributed by atoms with Crippen molar-refractivity contribution in [2.45, 2.75) is 32.8 Å². The van der Waals surface area contributed by atoms with E-state index in [0.29, 0.717) is 0 Å². The zero-order valence-electron chi connectivity index (χ0n) is 12.5. The molecular formula is C15H25N3O. The lowest BCUT2D eigenvalue weighted by atomic mass is 9.91. The highest BCUT2D eigenvalue weighted by Crippen LogP contribution is 2.25. The van der Waals surface area contributed by atoms with E-state index < -0.39 is 0 Å². The summed E-state index contributed by atoms with van der Waals surface area (Å²) in [5.41, 5.74) is 2.01. The number of likely N-dealkylation sites (N-methyl/N-ethyl adjacent to an activating group) is 1. The van der Waals surface area contributed by atoms with Gasteiger partial charge in [0.05, 0.1) is 6.61 Å². The Morgan fingerprint density at radius 1 is 1.16 bits per heavy atom. The average Bonchev–Trinajstić information content (AvgIpc) is 2.38. The molecule has 0 amide bonds. The zero-order valence-corrected chi connectivity index (χ0v) is 12.5. The van der Waals surface area contributed by atoms with E-state index in [1.807, 2.05) is 12.1 Å². The second-order valence-corrected chi connectivity index (χ2v) is 6.42. The highest BCUT2D eigenvalue weighted by Gasteiger charge is 2.20. The quantitative estimate of drug-likeness (QED) is 0.880. The topological polar surface area (TPSA) is 39.6 Å². The van der Waals surface area contributed by atoms with Gasteiger partial charge in [-0.25, -0.2) is 4.98 Å². The zero-order chi connectivity index (χ0) is 14.0. The minimum Gasteiger partial charge on any atom is -0.392 e. The van der Waals surface area contributed by atoms with Crippen LogP contribution in [0.5, 0.6) is 0 Å². The van der Waals surface area contributed by atoms with Crippen LogP contribution in [0.25, 0.3) is 0 Å². The van der Waals surface area contributed by atoms with Crippen LogP contribution in [-0.2, 0) is 12.0 Å². The van der Waals surface area contributed by atoms with Gasteiger partial charge in [-0.2, -0.15) is 0 Å². The second-order valence-electron chi connectivity index (χ2n) is 6.42. The van der Waals surface area contributed by atoms with Gasteiger partial charge in [-0.15, -0.1) is 0 Å². The minimum atomic E-state index is 0.00646. The fourth-order valence-electron chi connectivity index (χ4n) is 2.24. The molecule has 0 radical (unpaired) electrons. The van der Waals surface area contributed by atoms with Crippen molar-refractivity contribution in [3.05, 3.63) is 23.4 Å². The smallest absolute Gasteiger partial charge is 0.129 e. The number of piperazine rings is 1. The van der Waals surface area contributed by atoms with Gasteiger partial charge in [0.2, 0.25) is 0 Å². The first kappa shape index (κ1) is 14.3. The maximum Gasteiger partial charge on any atom is 0.129 e. The predicted molar refractivity (Wildman–Crippen MR) is 78.6 cm³/mol. The fraction of sp³-hybridized carbons (Fsp3) is 0.667. The first-order valence-electron chi connectivity index (χ1n) is 6.96. The van der Waals surface area contributed by atoms with Crippen molar-refractivity contribution in [2.75, 3.05) is 38.1 Å². The van der Waals surface area contributed by atoms with Gasteiger partial charge >= 0.3 is 0 Å². The van der Waals surface area contributed by atoms with Crippen LogP contribution < -0.4 is 4.90 Å². The molecule has 2 rings (SSSR count). The van der Waals surface area contributed by atoms with Crippen LogP contribution in [0.4, 0.5) is 5.82 Å². The van der Waals surface area contributed by atoms with Crippen LogP contribution in [-0.4, -0.2) is 48.2 Å². The lowest BCUT2D eigenvalue weighted by Gasteiger charge is -2.34. The number of anilines is 1. The molecule has 1 aromatic rings. The van der Waals surface area contributed by atoms with E-state index in [1.54, 1.807) is 0 Å². The number of nitrogens with zero attached hydrogens (tertiary/aromatic N) is 3. The molecule has 0 aromatic carbocycles. The normalized spacial score (nSPS) is 17.8. The van der Waals surface area contributed by atoms with Crippen LogP contribution in [0.15, 0.2) is 12.1 Å². The SMILES string of the molecule is CN1CCN(c2cc(CO)cc(C(C)(C)C)n2)CC1. The molecule has 4 nitrogen and oxygen atoms in total. The van der Waals surface area contributed by atoms with Gasteiger partial charge in [-0.05, 0) is 24.7 Å². The van der Waals surface area contributed by atoms with Gasteiger partial charge in [-0.3, -0.25) is 0 Å². The molecule has 2 heterocycles. The molecule has 19 heavy (non-hydrogen) atoms. The lowest BCUT2D eigenvalue weighted by Crippen LogP contribution is -2.45. The number of rotatable bonds is 2. The highest BCUT2D eigenvalue weighted by atomic mass is 16.3. The van der Waals surface area contributed by atoms with E-state index in [-0.39, 0.29) is 12.0 Å². The van der Waals surface area contributed by atoms with Gasteiger partial charge < -0.3 is 14.9 Å². The van der Waals surface area contributed by atoms with Gasteiger partial charge in [0.1, 0.15) is 5.82 Å². The fourth-order valence-corrected chi connectivity index (χ4v) is 2.24. The summed E-state index contributed by atoms with van der Waals surface area (Å²) in [6, 6.07) is 4.03. The molecular weight excluding hydrogens is 238 g/mol. The van der Waals surface area contributed by atoms with Crippen LogP contribution in [0, 0.1) is 0 Å². The molecule has 0 aliphatic carbocycles. The summed E-state index contributed by atoms with van der Waals surface area (Å²) in [7, 11) is 2.15. The summed E-state index contributed by atoms with van der Waals surface area (Å²) in [4.78, 5) is 9.44. The maximum atomic E-state index is 9.44. The number of aliphatic hydroxyl groups is 1. The van der Waals surface area contributed by atoms with Crippen molar-refractivity contribution in [3.63, 3.8) is 0 Å². The summed E-state index contributed by atoms with van der Waals surface area (Å²) >= 11 is 0. The molecule has 1 aliphatic rings. The summed E-state index contributed by atoms with van der Waals surface area (Å²) in [6.45, 7) is 10.7. The highest BCUT2D eigenvalue weighted by molar-refractivity contribution is 5.44. The third-order valence-corrected chi connectivity index (χ3v) is 3.65. The standard InChI is InChI=1S/C15H25N3O/c1-15(2,3)13-9-12(11-19)10-14(16-13)18-7-5-17(4)6-8-18/h9-10,19H,5-8,11H2,1-4H3. The Morgan fingerprint density at radius 3 is 2.32 bits per heavy atom. The first-order valence-corrected chi connectivity index (χ1v) is 6.96. The molecule has 0 atom stereocenters. The number of hydrogen-bond donors (Lipinski definition) is 1. The monoisotopic (exact) mass is 263 g/mol. The van der Waals surface area contributed by atoms with Gasteiger partial charge in [0, 0.05) is 37.3 Å². The molecule has 1 aromatic heterocycles. The molecule has 0 unspecified atom stereocenters. The number of hydrogen-bond acceptors (Lipinski definition) is 4. The minimum absolute atomic E-state index is 0.00646. The molecule has 0 saturated carbocycles. The van der Waals surface area contributed by atoms with Gasteiger partial charge in [-0.1, -0.05) is 20.8 Å². The molecule has 1 fully saturated rings. The Kier molecular flexibility index (Phi) is 4.11. The summed E-state index contributed by atoms with van der Waals surface area (Å²) < 4.78 is 0. The van der Waals surface area contributed by atoms with Crippen LogP contribution >= 0.6 is 0 Å². The first-order chi connectivity index (χ1) is 8.90. The van der Waals surface area contributed by atoms with Crippen molar-refractivity contribution in [1.29, 1.82) is 0 Å². The molecule has 0 spiro atoms. The molecule has 0 bridgehead atoms. The van der Waals surface area contributed by atoms with E-state index in [4.69, 9.17) is 4.98 Å². The van der Waals surface area contributed by atoms with Crippen LogP contribution in [0.1, 0.15) is 32.0 Å². The van der Waals surface area contributed by atoms with E-state index in [1.165, 1.54) is 0 Å². The van der Waals surface area contributed by atoms with Crippen molar-refractivity contribution >= 4 is 5.82 Å². The molecule has 1 saturated heterocycles. The van der Waals surface area contributed by atoms with E-state index in [0.717, 1.165) is 43.3 Å². The molecule has 1 N–H and O–H groups in total. The number of pyridine rings is 1. The molecule has 4 heteroatoms. The number of aliphatic hydroxyl groups excluding tert-OH is 1. The van der Waals surface area contributed by atoms with Gasteiger partial charge in [0.25, 0.3) is 0 Å². The Balaban J connectivity index is 2.29. The van der Waals surface area contributed by atoms with Crippen LogP contribution in [0.2, 0.25) is 0 Å². The van der Waals surface area contributed by atoms with Gasteiger partial charge in [0.15, 0.2) is 0 Å². The Hall–Kier alpha value is -1.13. The largest absolute Gasteiger partial charge is 0.392 e. The summed E-state index contributed by atoms with van der Waals surface area (Å²) in [5.74, 6) is 1.00. The second kappa shape index (κ2) is 5.47. The van der Waals surface area contributed by atoms with E-state index in [2.05, 4.69) is 37.6 Å². The Bertz CT molecular complexity index is 432. The van der Waals surface area contributed by atoms with E-state index >= 15 is 0 Å². The van der Waals surface area contributed by atoms with Crippen LogP contribution in [0.3, 0.4) is 0 Å². The maximum absolute atomic E-state index is 9.44. The predicted octanol–water partition coefficient (Wildman–Crippen LogP) is 1.62. The molecule has 106 valence electrons. The summed E-state index contributed by atoms with van der Waals surface area (Å²) in [5, 5.41) is 9.44. The lowest BCUT2D eigenvalue weighted by molar-refractivity contribution is 0.281. The summed E-state index contributed by atoms with van der Waals surface area (Å²) in [6.07, 6.45) is 0. The average molecular weight is 263 g/mol. The van der Waals surface area contributed by atoms with Crippen molar-refractivity contribution in [3.8, 4) is 0 Å². The molecule has 1 aliphatic heterocycles. The third-order valence-electron chi connectivity index (χ3n) is 3.65. The Labute approximate surface area is 116 Å². The number of aromatic nitrogens is 1. The van der Waals surface area contributed by atoms with Crippen molar-refractivity contribution in [1.82, 2.24) is 9.88 Å².